The summed E-state index contributed by atoms with van der Waals surface area (Å²) < 4.78 is 0. The first-order valence-corrected chi connectivity index (χ1v) is 6.20. The fraction of sp³-hybridized carbons (Fsp3) is 0.923. The van der Waals surface area contributed by atoms with Gasteiger partial charge in [0.25, 0.3) is 0 Å². The van der Waals surface area contributed by atoms with Crippen LogP contribution in [-0.2, 0) is 4.79 Å². The minimum absolute atomic E-state index is 0.165. The number of rotatable bonds is 3. The predicted octanol–water partition coefficient (Wildman–Crippen LogP) is 3.57. The first-order chi connectivity index (χ1) is 6.69. The second kappa shape index (κ2) is 3.67. The second-order valence-corrected chi connectivity index (χ2v) is 5.34. The molecule has 0 heterocycles. The smallest absolute Gasteiger partial charge is 0.136 e. The molecule has 14 heavy (non-hydrogen) atoms. The van der Waals surface area contributed by atoms with Gasteiger partial charge in [0.15, 0.2) is 0 Å². The number of hydrogen-bond acceptors (Lipinski definition) is 1. The van der Waals surface area contributed by atoms with E-state index in [1.54, 1.807) is 6.92 Å². The summed E-state index contributed by atoms with van der Waals surface area (Å²) in [5, 5.41) is 0. The SMILES string of the molecule is CCC1CCC(C2(C(C)=O)CC2)CC1. The van der Waals surface area contributed by atoms with Crippen LogP contribution in [0.15, 0.2) is 0 Å². The monoisotopic (exact) mass is 194 g/mol. The van der Waals surface area contributed by atoms with E-state index in [1.807, 2.05) is 0 Å². The van der Waals surface area contributed by atoms with Crippen LogP contribution in [0.4, 0.5) is 0 Å². The van der Waals surface area contributed by atoms with Crippen molar-refractivity contribution < 1.29 is 4.79 Å². The zero-order valence-electron chi connectivity index (χ0n) is 9.51. The zero-order chi connectivity index (χ0) is 10.2. The Bertz CT molecular complexity index is 219. The van der Waals surface area contributed by atoms with Crippen molar-refractivity contribution in [2.45, 2.75) is 58.8 Å². The lowest BCUT2D eigenvalue weighted by Crippen LogP contribution is -2.27. The molecule has 2 aliphatic carbocycles. The molecule has 2 saturated carbocycles. The van der Waals surface area contributed by atoms with Crippen LogP contribution < -0.4 is 0 Å². The summed E-state index contributed by atoms with van der Waals surface area (Å²) in [6.45, 7) is 4.10. The van der Waals surface area contributed by atoms with Gasteiger partial charge in [-0.25, -0.2) is 0 Å². The molecule has 0 radical (unpaired) electrons. The molecule has 0 amide bonds. The van der Waals surface area contributed by atoms with Gasteiger partial charge >= 0.3 is 0 Å². The van der Waals surface area contributed by atoms with Crippen LogP contribution in [0.3, 0.4) is 0 Å². The van der Waals surface area contributed by atoms with Gasteiger partial charge in [-0.1, -0.05) is 26.2 Å². The Morgan fingerprint density at radius 1 is 1.21 bits per heavy atom. The first-order valence-electron chi connectivity index (χ1n) is 6.20. The molecule has 2 aliphatic rings. The van der Waals surface area contributed by atoms with Crippen LogP contribution in [0, 0.1) is 17.3 Å². The second-order valence-electron chi connectivity index (χ2n) is 5.34. The molecule has 2 rings (SSSR count). The molecular formula is C13H22O. The Labute approximate surface area is 87.3 Å². The van der Waals surface area contributed by atoms with E-state index >= 15 is 0 Å². The Morgan fingerprint density at radius 2 is 1.79 bits per heavy atom. The van der Waals surface area contributed by atoms with Crippen LogP contribution >= 0.6 is 0 Å². The lowest BCUT2D eigenvalue weighted by Gasteiger charge is -2.32. The molecule has 0 unspecified atom stereocenters. The maximum Gasteiger partial charge on any atom is 0.136 e. The number of hydrogen-bond donors (Lipinski definition) is 0. The molecule has 0 aromatic heterocycles. The molecule has 0 aliphatic heterocycles. The quantitative estimate of drug-likeness (QED) is 0.671. The zero-order valence-corrected chi connectivity index (χ0v) is 9.51. The summed E-state index contributed by atoms with van der Waals surface area (Å²) in [6.07, 6.45) is 9.08. The molecule has 0 N–H and O–H groups in total. The van der Waals surface area contributed by atoms with Gasteiger partial charge in [-0.2, -0.15) is 0 Å². The summed E-state index contributed by atoms with van der Waals surface area (Å²) in [4.78, 5) is 11.6. The van der Waals surface area contributed by atoms with Gasteiger partial charge in [0.1, 0.15) is 5.78 Å². The van der Waals surface area contributed by atoms with Gasteiger partial charge in [-0.15, -0.1) is 0 Å². The van der Waals surface area contributed by atoms with Crippen molar-refractivity contribution in [2.24, 2.45) is 17.3 Å². The summed E-state index contributed by atoms with van der Waals surface area (Å²) >= 11 is 0. The highest BCUT2D eigenvalue weighted by Crippen LogP contribution is 2.57. The van der Waals surface area contributed by atoms with E-state index in [1.165, 1.54) is 44.9 Å². The van der Waals surface area contributed by atoms with Gasteiger partial charge in [0, 0.05) is 5.41 Å². The third-order valence-electron chi connectivity index (χ3n) is 4.70. The number of carbonyl (C=O) groups excluding carboxylic acids is 1. The molecule has 0 aromatic carbocycles. The number of Topliss-reactive ketones (excluding diaryl/α,β-unsaturated/α-hetero) is 1. The summed E-state index contributed by atoms with van der Waals surface area (Å²) in [6, 6.07) is 0. The third-order valence-corrected chi connectivity index (χ3v) is 4.70. The summed E-state index contributed by atoms with van der Waals surface area (Å²) in [5.74, 6) is 2.16. The summed E-state index contributed by atoms with van der Waals surface area (Å²) in [5.41, 5.74) is 0.165. The molecule has 1 nitrogen and oxygen atoms in total. The maximum atomic E-state index is 11.6. The largest absolute Gasteiger partial charge is 0.299 e. The molecule has 0 aromatic rings. The standard InChI is InChI=1S/C13H22O/c1-3-11-4-6-12(7-5-11)13(8-9-13)10(2)14/h11-12H,3-9H2,1-2H3. The maximum absolute atomic E-state index is 11.6. The Kier molecular flexibility index (Phi) is 2.68. The highest BCUT2D eigenvalue weighted by Gasteiger charge is 2.53. The lowest BCUT2D eigenvalue weighted by molar-refractivity contribution is -0.124. The van der Waals surface area contributed by atoms with Crippen molar-refractivity contribution in [3.63, 3.8) is 0 Å². The van der Waals surface area contributed by atoms with E-state index < -0.39 is 0 Å². The third kappa shape index (κ3) is 1.62. The van der Waals surface area contributed by atoms with Crippen LogP contribution in [0.1, 0.15) is 58.8 Å². The van der Waals surface area contributed by atoms with Gasteiger partial charge in [-0.3, -0.25) is 4.79 Å². The van der Waals surface area contributed by atoms with E-state index in [2.05, 4.69) is 6.92 Å². The van der Waals surface area contributed by atoms with Crippen LogP contribution in [-0.4, -0.2) is 5.78 Å². The molecule has 0 saturated heterocycles. The fourth-order valence-electron chi connectivity index (χ4n) is 3.31. The van der Waals surface area contributed by atoms with E-state index in [4.69, 9.17) is 0 Å². The molecule has 1 heteroatoms. The van der Waals surface area contributed by atoms with Crippen molar-refractivity contribution in [2.75, 3.05) is 0 Å². The average Bonchev–Trinajstić information content (AvgIpc) is 2.99. The van der Waals surface area contributed by atoms with Gasteiger partial charge in [-0.05, 0) is 44.4 Å². The van der Waals surface area contributed by atoms with Crippen molar-refractivity contribution >= 4 is 5.78 Å². The normalized spacial score (nSPS) is 35.3. The van der Waals surface area contributed by atoms with Crippen molar-refractivity contribution in [3.05, 3.63) is 0 Å². The van der Waals surface area contributed by atoms with Crippen molar-refractivity contribution in [1.82, 2.24) is 0 Å². The van der Waals surface area contributed by atoms with Crippen molar-refractivity contribution in [1.29, 1.82) is 0 Å². The van der Waals surface area contributed by atoms with Crippen LogP contribution in [0.25, 0.3) is 0 Å². The van der Waals surface area contributed by atoms with Gasteiger partial charge in [0.2, 0.25) is 0 Å². The van der Waals surface area contributed by atoms with E-state index in [-0.39, 0.29) is 5.41 Å². The fourth-order valence-corrected chi connectivity index (χ4v) is 3.31. The minimum Gasteiger partial charge on any atom is -0.299 e. The molecule has 2 fully saturated rings. The van der Waals surface area contributed by atoms with E-state index in [0.29, 0.717) is 5.78 Å². The van der Waals surface area contributed by atoms with E-state index in [9.17, 15) is 4.79 Å². The molecule has 0 bridgehead atoms. The predicted molar refractivity (Wildman–Crippen MR) is 58.1 cm³/mol. The minimum atomic E-state index is 0.165. The number of ketones is 1. The summed E-state index contributed by atoms with van der Waals surface area (Å²) in [7, 11) is 0. The van der Waals surface area contributed by atoms with Gasteiger partial charge < -0.3 is 0 Å². The highest BCUT2D eigenvalue weighted by atomic mass is 16.1. The Balaban J connectivity index is 1.92. The lowest BCUT2D eigenvalue weighted by atomic mass is 9.72. The van der Waals surface area contributed by atoms with Crippen LogP contribution in [0.5, 0.6) is 0 Å². The van der Waals surface area contributed by atoms with Gasteiger partial charge in [0.05, 0.1) is 0 Å². The first kappa shape index (κ1) is 10.2. The van der Waals surface area contributed by atoms with Crippen molar-refractivity contribution in [3.8, 4) is 0 Å². The highest BCUT2D eigenvalue weighted by molar-refractivity contribution is 5.85. The number of carbonyl (C=O) groups is 1. The van der Waals surface area contributed by atoms with E-state index in [0.717, 1.165) is 11.8 Å². The topological polar surface area (TPSA) is 17.1 Å². The molecule has 0 spiro atoms. The molecule has 80 valence electrons. The van der Waals surface area contributed by atoms with Crippen LogP contribution in [0.2, 0.25) is 0 Å². The Hall–Kier alpha value is -0.330. The Morgan fingerprint density at radius 3 is 2.14 bits per heavy atom. The molecular weight excluding hydrogens is 172 g/mol. The molecule has 0 atom stereocenters. The average molecular weight is 194 g/mol.